The fourth-order valence-corrected chi connectivity index (χ4v) is 1.36. The summed E-state index contributed by atoms with van der Waals surface area (Å²) in [4.78, 5) is 4.24. The predicted molar refractivity (Wildman–Crippen MR) is 56.3 cm³/mol. The van der Waals surface area contributed by atoms with Crippen molar-refractivity contribution in [3.63, 3.8) is 0 Å². The molecule has 78 valence electrons. The van der Waals surface area contributed by atoms with Crippen molar-refractivity contribution in [1.29, 1.82) is 0 Å². The molecule has 0 unspecified atom stereocenters. The molecular formula is C11H13N3O. The maximum Gasteiger partial charge on any atom is 0.231 e. The van der Waals surface area contributed by atoms with Crippen molar-refractivity contribution in [2.24, 2.45) is 5.73 Å². The molecule has 1 heterocycles. The van der Waals surface area contributed by atoms with E-state index in [9.17, 15) is 0 Å². The number of nitrogens with two attached hydrogens (primary N) is 1. The molecule has 4 heteroatoms. The highest BCUT2D eigenvalue weighted by atomic mass is 16.5. The summed E-state index contributed by atoms with van der Waals surface area (Å²) in [5, 5.41) is 3.84. The Morgan fingerprint density at radius 1 is 1.20 bits per heavy atom. The summed E-state index contributed by atoms with van der Waals surface area (Å²) >= 11 is 0. The Labute approximate surface area is 88.1 Å². The SMILES string of the molecule is NCCc1noc(Cc2ccccc2)n1. The summed E-state index contributed by atoms with van der Waals surface area (Å²) in [6.45, 7) is 0.546. The number of hydrogen-bond donors (Lipinski definition) is 1. The Hall–Kier alpha value is -1.68. The second-order valence-electron chi connectivity index (χ2n) is 3.31. The van der Waals surface area contributed by atoms with Gasteiger partial charge in [0.25, 0.3) is 0 Å². The molecule has 1 aromatic carbocycles. The Kier molecular flexibility index (Phi) is 3.09. The second-order valence-corrected chi connectivity index (χ2v) is 3.31. The summed E-state index contributed by atoms with van der Waals surface area (Å²) in [7, 11) is 0. The maximum absolute atomic E-state index is 5.40. The monoisotopic (exact) mass is 203 g/mol. The largest absolute Gasteiger partial charge is 0.339 e. The standard InChI is InChI=1S/C11H13N3O/c12-7-6-10-13-11(15-14-10)8-9-4-2-1-3-5-9/h1-5H,6-8,12H2. The van der Waals surface area contributed by atoms with Crippen LogP contribution in [0.15, 0.2) is 34.9 Å². The number of aromatic nitrogens is 2. The molecule has 0 saturated carbocycles. The van der Waals surface area contributed by atoms with Crippen LogP contribution in [0.5, 0.6) is 0 Å². The molecule has 2 N–H and O–H groups in total. The van der Waals surface area contributed by atoms with Gasteiger partial charge in [0, 0.05) is 6.42 Å². The molecule has 0 spiro atoms. The van der Waals surface area contributed by atoms with Gasteiger partial charge in [-0.3, -0.25) is 0 Å². The molecule has 15 heavy (non-hydrogen) atoms. The first-order valence-electron chi connectivity index (χ1n) is 4.94. The van der Waals surface area contributed by atoms with E-state index in [0.29, 0.717) is 31.1 Å². The van der Waals surface area contributed by atoms with Gasteiger partial charge >= 0.3 is 0 Å². The van der Waals surface area contributed by atoms with Crippen LogP contribution in [0.25, 0.3) is 0 Å². The fraction of sp³-hybridized carbons (Fsp3) is 0.273. The molecule has 2 rings (SSSR count). The van der Waals surface area contributed by atoms with Crippen molar-refractivity contribution in [2.75, 3.05) is 6.54 Å². The molecule has 0 aliphatic carbocycles. The first-order valence-corrected chi connectivity index (χ1v) is 4.94. The van der Waals surface area contributed by atoms with Gasteiger partial charge in [-0.25, -0.2) is 0 Å². The summed E-state index contributed by atoms with van der Waals surface area (Å²) in [5.74, 6) is 1.33. The van der Waals surface area contributed by atoms with Crippen LogP contribution in [-0.2, 0) is 12.8 Å². The predicted octanol–water partition coefficient (Wildman–Crippen LogP) is 1.16. The van der Waals surface area contributed by atoms with Gasteiger partial charge in [-0.15, -0.1) is 0 Å². The van der Waals surface area contributed by atoms with Gasteiger partial charge in [0.15, 0.2) is 5.82 Å². The minimum absolute atomic E-state index is 0.546. The summed E-state index contributed by atoms with van der Waals surface area (Å²) in [5.41, 5.74) is 6.57. The molecule has 0 amide bonds. The number of rotatable bonds is 4. The van der Waals surface area contributed by atoms with Crippen molar-refractivity contribution in [2.45, 2.75) is 12.8 Å². The van der Waals surface area contributed by atoms with Gasteiger partial charge in [0.05, 0.1) is 6.42 Å². The third kappa shape index (κ3) is 2.63. The highest BCUT2D eigenvalue weighted by molar-refractivity contribution is 5.17. The van der Waals surface area contributed by atoms with Crippen LogP contribution < -0.4 is 5.73 Å². The first kappa shape index (κ1) is 9.86. The zero-order valence-electron chi connectivity index (χ0n) is 8.39. The van der Waals surface area contributed by atoms with Gasteiger partial charge in [-0.1, -0.05) is 35.5 Å². The van der Waals surface area contributed by atoms with E-state index in [0.717, 1.165) is 0 Å². The molecule has 4 nitrogen and oxygen atoms in total. The summed E-state index contributed by atoms with van der Waals surface area (Å²) in [6.07, 6.45) is 1.34. The molecule has 0 aliphatic rings. The van der Waals surface area contributed by atoms with Gasteiger partial charge < -0.3 is 10.3 Å². The van der Waals surface area contributed by atoms with Gasteiger partial charge in [0.1, 0.15) is 0 Å². The average molecular weight is 203 g/mol. The van der Waals surface area contributed by atoms with Crippen molar-refractivity contribution < 1.29 is 4.52 Å². The molecule has 1 aromatic heterocycles. The highest BCUT2D eigenvalue weighted by Crippen LogP contribution is 2.07. The fourth-order valence-electron chi connectivity index (χ4n) is 1.36. The first-order chi connectivity index (χ1) is 7.38. The van der Waals surface area contributed by atoms with E-state index in [-0.39, 0.29) is 0 Å². The van der Waals surface area contributed by atoms with Crippen LogP contribution in [0, 0.1) is 0 Å². The van der Waals surface area contributed by atoms with Crippen LogP contribution in [0.2, 0.25) is 0 Å². The van der Waals surface area contributed by atoms with E-state index in [1.165, 1.54) is 5.56 Å². The smallest absolute Gasteiger partial charge is 0.231 e. The quantitative estimate of drug-likeness (QED) is 0.809. The number of benzene rings is 1. The molecule has 0 fully saturated rings. The van der Waals surface area contributed by atoms with Gasteiger partial charge in [-0.05, 0) is 12.1 Å². The van der Waals surface area contributed by atoms with Crippen LogP contribution >= 0.6 is 0 Å². The lowest BCUT2D eigenvalue weighted by molar-refractivity contribution is 0.379. The van der Waals surface area contributed by atoms with E-state index in [1.54, 1.807) is 0 Å². The molecule has 2 aromatic rings. The van der Waals surface area contributed by atoms with Crippen LogP contribution in [0.1, 0.15) is 17.3 Å². The summed E-state index contributed by atoms with van der Waals surface area (Å²) < 4.78 is 5.10. The molecule has 0 radical (unpaired) electrons. The molecule has 0 saturated heterocycles. The number of nitrogens with zero attached hydrogens (tertiary/aromatic N) is 2. The van der Waals surface area contributed by atoms with Crippen LogP contribution in [-0.4, -0.2) is 16.7 Å². The van der Waals surface area contributed by atoms with Gasteiger partial charge in [0.2, 0.25) is 5.89 Å². The molecule has 0 bridgehead atoms. The topological polar surface area (TPSA) is 64.9 Å². The summed E-state index contributed by atoms with van der Waals surface area (Å²) in [6, 6.07) is 10.0. The lowest BCUT2D eigenvalue weighted by atomic mass is 10.1. The Balaban J connectivity index is 2.05. The van der Waals surface area contributed by atoms with Crippen molar-refractivity contribution >= 4 is 0 Å². The lowest BCUT2D eigenvalue weighted by Crippen LogP contribution is -2.04. The normalized spacial score (nSPS) is 10.5. The van der Waals surface area contributed by atoms with Crippen molar-refractivity contribution in [3.8, 4) is 0 Å². The second kappa shape index (κ2) is 4.70. The lowest BCUT2D eigenvalue weighted by Gasteiger charge is -1.93. The Morgan fingerprint density at radius 2 is 2.00 bits per heavy atom. The van der Waals surface area contributed by atoms with E-state index >= 15 is 0 Å². The maximum atomic E-state index is 5.40. The zero-order valence-corrected chi connectivity index (χ0v) is 8.39. The van der Waals surface area contributed by atoms with Crippen LogP contribution in [0.3, 0.4) is 0 Å². The third-order valence-electron chi connectivity index (χ3n) is 2.08. The van der Waals surface area contributed by atoms with E-state index < -0.39 is 0 Å². The molecule has 0 aliphatic heterocycles. The van der Waals surface area contributed by atoms with Crippen molar-refractivity contribution in [3.05, 3.63) is 47.6 Å². The van der Waals surface area contributed by atoms with Crippen LogP contribution in [0.4, 0.5) is 0 Å². The molecule has 0 atom stereocenters. The zero-order chi connectivity index (χ0) is 10.5. The van der Waals surface area contributed by atoms with E-state index in [1.807, 2.05) is 30.3 Å². The minimum Gasteiger partial charge on any atom is -0.339 e. The van der Waals surface area contributed by atoms with E-state index in [4.69, 9.17) is 10.3 Å². The molecular weight excluding hydrogens is 190 g/mol. The highest BCUT2D eigenvalue weighted by Gasteiger charge is 2.05. The average Bonchev–Trinajstić information content (AvgIpc) is 2.68. The third-order valence-corrected chi connectivity index (χ3v) is 2.08. The minimum atomic E-state index is 0.546. The van der Waals surface area contributed by atoms with E-state index in [2.05, 4.69) is 10.1 Å². The number of hydrogen-bond acceptors (Lipinski definition) is 4. The Morgan fingerprint density at radius 3 is 2.73 bits per heavy atom. The Bertz CT molecular complexity index is 411. The van der Waals surface area contributed by atoms with Gasteiger partial charge in [-0.2, -0.15) is 4.98 Å². The van der Waals surface area contributed by atoms with Crippen molar-refractivity contribution in [1.82, 2.24) is 10.1 Å².